The van der Waals surface area contributed by atoms with Gasteiger partial charge >= 0.3 is 0 Å². The van der Waals surface area contributed by atoms with Gasteiger partial charge in [-0.25, -0.2) is 0 Å². The van der Waals surface area contributed by atoms with Crippen molar-refractivity contribution in [2.45, 2.75) is 68.0 Å². The van der Waals surface area contributed by atoms with Crippen molar-refractivity contribution < 1.29 is 90.4 Å². The second-order valence-electron chi connectivity index (χ2n) is 17.2. The summed E-state index contributed by atoms with van der Waals surface area (Å²) in [6, 6.07) is 4.80. The lowest BCUT2D eigenvalue weighted by Gasteiger charge is -2.53. The zero-order valence-corrected chi connectivity index (χ0v) is 37.8. The molecule has 8 rings (SSSR count). The van der Waals surface area contributed by atoms with Crippen LogP contribution >= 0.6 is 12.4 Å². The molecule has 0 unspecified atom stereocenters. The Balaban J connectivity index is 0.000000250. The van der Waals surface area contributed by atoms with Crippen LogP contribution in [-0.4, -0.2) is 171 Å². The number of Topliss-reactive ketones (excluding diaryl/α,β-unsaturated/α-hetero) is 4. The summed E-state index contributed by atoms with van der Waals surface area (Å²) < 4.78 is 34.2. The summed E-state index contributed by atoms with van der Waals surface area (Å²) in [4.78, 5) is 80.2. The van der Waals surface area contributed by atoms with Crippen LogP contribution < -0.4 is 11.5 Å². The van der Waals surface area contributed by atoms with Gasteiger partial charge in [0.25, 0.3) is 11.8 Å². The first-order valence-corrected chi connectivity index (χ1v) is 20.4. The van der Waals surface area contributed by atoms with E-state index in [0.29, 0.717) is 0 Å². The van der Waals surface area contributed by atoms with Crippen LogP contribution in [0, 0.1) is 23.7 Å². The smallest absolute Gasteiger partial charge is 0.255 e. The molecule has 2 aromatic carbocycles. The van der Waals surface area contributed by atoms with Crippen molar-refractivity contribution >= 4 is 58.9 Å². The van der Waals surface area contributed by atoms with Crippen molar-refractivity contribution in [1.82, 2.24) is 9.80 Å². The van der Waals surface area contributed by atoms with Gasteiger partial charge in [-0.1, -0.05) is 38.1 Å². The molecular formula is C46H55ClN4O17. The van der Waals surface area contributed by atoms with Gasteiger partial charge in [0.1, 0.15) is 45.7 Å². The summed E-state index contributed by atoms with van der Waals surface area (Å²) in [5.74, 6) is -24.0. The van der Waals surface area contributed by atoms with Crippen LogP contribution in [0.25, 0.3) is 11.5 Å². The average molecular weight is 975 g/mol. The highest BCUT2D eigenvalue weighted by atomic mass is 35.5. The number of nitrogens with zero attached hydrogens (tertiary/aromatic N) is 2. The third-order valence-electron chi connectivity index (χ3n) is 13.2. The Labute approximate surface area is 400 Å². The Hall–Kier alpha value is -6.17. The van der Waals surface area contributed by atoms with E-state index < -0.39 is 177 Å². The highest BCUT2D eigenvalue weighted by Gasteiger charge is 2.70. The number of primary amides is 2. The van der Waals surface area contributed by atoms with Gasteiger partial charge in [-0.2, -0.15) is 0 Å². The number of halogens is 1. The molecule has 2 saturated carbocycles. The molecule has 21 nitrogen and oxygen atoms in total. The van der Waals surface area contributed by atoms with Crippen LogP contribution in [0.1, 0.15) is 60.2 Å². The number of ketones is 4. The van der Waals surface area contributed by atoms with Crippen molar-refractivity contribution in [1.29, 1.82) is 0 Å². The summed E-state index contributed by atoms with van der Waals surface area (Å²) in [6.07, 6.45) is -3.85. The first-order chi connectivity index (χ1) is 32.9. The highest BCUT2D eigenvalue weighted by Crippen LogP contribution is 2.58. The fourth-order valence-electron chi connectivity index (χ4n) is 10.4. The number of hydrogen-bond donors (Lipinski definition) is 13. The van der Waals surface area contributed by atoms with E-state index in [-0.39, 0.29) is 41.3 Å². The number of likely N-dealkylation sites (N-methyl/N-ethyl adjacent to an activating group) is 2. The number of aliphatic hydroxyl groups is 9. The average Bonchev–Trinajstić information content (AvgIpc) is 3.29. The number of benzene rings is 2. The number of amides is 2. The molecule has 22 heteroatoms. The summed E-state index contributed by atoms with van der Waals surface area (Å²) >= 11 is 0. The zero-order valence-electron chi connectivity index (χ0n) is 41.0. The first-order valence-electron chi connectivity index (χ1n) is 22.9. The molecule has 2 fully saturated rings. The van der Waals surface area contributed by atoms with Gasteiger partial charge < -0.3 is 67.6 Å². The predicted octanol–water partition coefficient (Wildman–Crippen LogP) is -0.588. The molecular weight excluding hydrogens is 916 g/mol. The Bertz CT molecular complexity index is 2640. The molecule has 0 aliphatic heterocycles. The summed E-state index contributed by atoms with van der Waals surface area (Å²) in [5.41, 5.74) is 0.209. The number of carbonyl (C=O) groups excluding carboxylic acids is 6. The minimum Gasteiger partial charge on any atom is -0.508 e. The maximum absolute atomic E-state index is 13.8. The topological polar surface area (TPSA) is 383 Å². The number of phenolic OH excluding ortho intramolecular Hbond substituents is 2. The van der Waals surface area contributed by atoms with E-state index in [1.54, 1.807) is 6.92 Å². The van der Waals surface area contributed by atoms with Gasteiger partial charge in [0.15, 0.2) is 22.8 Å². The van der Waals surface area contributed by atoms with E-state index in [1.807, 2.05) is 0 Å². The van der Waals surface area contributed by atoms with Crippen molar-refractivity contribution in [3.8, 4) is 11.5 Å². The fourth-order valence-corrected chi connectivity index (χ4v) is 10.4. The molecule has 0 radical (unpaired) electrons. The summed E-state index contributed by atoms with van der Waals surface area (Å²) in [6.45, 7) is 0.477. The van der Waals surface area contributed by atoms with E-state index in [4.69, 9.17) is 22.1 Å². The number of hydrogen-bond acceptors (Lipinski definition) is 19. The molecule has 68 heavy (non-hydrogen) atoms. The maximum Gasteiger partial charge on any atom is 0.255 e. The van der Waals surface area contributed by atoms with Crippen LogP contribution in [-0.2, 0) is 28.8 Å². The number of phenols is 2. The SMILES string of the molecule is CCO.Cl.[2H]C[C@@]1([2H])c2cccc(O)c2C(O)=C2C(=O)[C@]3(O)C(O)=C(C(N)=O)C(=O)[C@@H](N(C)C)[C@@H]3[C@@H](O)[C@@H]21.[2H]C[C@@]1([2H])c2cccc(O)c2C(O)=C2C(=O)[C@]3(O)C(O)=C(C(N)=O)C(=O)[C@@H](N(C)C)[C@@H]3[C@@H](O)[C@@H]21. The quantitative estimate of drug-likeness (QED) is 0.170. The maximum atomic E-state index is 13.8. The summed E-state index contributed by atoms with van der Waals surface area (Å²) in [5, 5.41) is 118. The zero-order chi connectivity index (χ0) is 53.7. The first kappa shape index (κ1) is 46.9. The predicted molar refractivity (Wildman–Crippen MR) is 241 cm³/mol. The van der Waals surface area contributed by atoms with E-state index >= 15 is 0 Å². The number of nitrogens with two attached hydrogens (primary N) is 2. The number of carbonyl (C=O) groups is 6. The third-order valence-corrected chi connectivity index (χ3v) is 13.2. The number of fused-ring (bicyclic) bond motifs is 6. The second kappa shape index (κ2) is 18.4. The molecule has 6 aliphatic rings. The lowest BCUT2D eigenvalue weighted by Crippen LogP contribution is -2.70. The molecule has 0 heterocycles. The fraction of sp³-hybridized carbons (Fsp3) is 0.435. The van der Waals surface area contributed by atoms with E-state index in [2.05, 4.69) is 0 Å². The van der Waals surface area contributed by atoms with Crippen LogP contribution in [0.4, 0.5) is 0 Å². The monoisotopic (exact) mass is 974 g/mol. The highest BCUT2D eigenvalue weighted by molar-refractivity contribution is 6.26. The molecule has 2 aromatic rings. The molecule has 0 bridgehead atoms. The Morgan fingerprint density at radius 1 is 0.662 bits per heavy atom. The lowest BCUT2D eigenvalue weighted by atomic mass is 9.54. The van der Waals surface area contributed by atoms with Crippen molar-refractivity contribution in [3.05, 3.63) is 92.5 Å². The minimum atomic E-state index is -3.06. The van der Waals surface area contributed by atoms with Crippen LogP contribution in [0.15, 0.2) is 70.2 Å². The Morgan fingerprint density at radius 3 is 1.24 bits per heavy atom. The third kappa shape index (κ3) is 7.18. The Kier molecular flexibility index (Phi) is 12.7. The molecule has 15 N–H and O–H groups in total. The normalized spacial score (nSPS) is 35.6. The number of aromatic hydroxyl groups is 2. The van der Waals surface area contributed by atoms with Crippen LogP contribution in [0.5, 0.6) is 11.5 Å². The molecule has 2 amide bonds. The van der Waals surface area contributed by atoms with Gasteiger partial charge in [-0.15, -0.1) is 12.4 Å². The van der Waals surface area contributed by atoms with E-state index in [9.17, 15) is 79.8 Å². The lowest BCUT2D eigenvalue weighted by molar-refractivity contribution is -0.170. The van der Waals surface area contributed by atoms with Crippen LogP contribution in [0.3, 0.4) is 0 Å². The van der Waals surface area contributed by atoms with Crippen LogP contribution in [0.2, 0.25) is 0 Å². The van der Waals surface area contributed by atoms with Crippen molar-refractivity contribution in [3.63, 3.8) is 0 Å². The van der Waals surface area contributed by atoms with Gasteiger partial charge in [-0.05, 0) is 70.2 Å². The van der Waals surface area contributed by atoms with Crippen molar-refractivity contribution in [2.75, 3.05) is 34.8 Å². The standard InChI is InChI=1S/2C22H24N2O8.C2H6O.ClH/c2*1-7-8-5-4-6-9(25)11(8)16(26)12-10(7)17(27)14-15(24(2)3)18(28)13(21(23)31)20(30)22(14,32)19(12)29;1-2-3;/h2*4-7,10,14-15,17,25-27,30,32H,1-3H3,(H2,23,31);3H,2H2,1H3;1H/t2*7-,10+,14+,15-,17-,22-;;/m00../s1/i2*1D,7D;;. The van der Waals surface area contributed by atoms with Gasteiger partial charge in [0, 0.05) is 35.1 Å². The molecule has 0 aromatic heterocycles. The van der Waals surface area contributed by atoms with Gasteiger partial charge in [0.05, 0.1) is 47.3 Å². The van der Waals surface area contributed by atoms with Gasteiger partial charge in [-0.3, -0.25) is 38.6 Å². The van der Waals surface area contributed by atoms with E-state index in [0.717, 1.165) is 0 Å². The summed E-state index contributed by atoms with van der Waals surface area (Å²) in [7, 11) is 5.54. The molecule has 12 atom stereocenters. The Morgan fingerprint density at radius 2 is 0.971 bits per heavy atom. The molecule has 6 aliphatic carbocycles. The molecule has 0 spiro atoms. The number of aliphatic hydroxyl groups excluding tert-OH is 7. The largest absolute Gasteiger partial charge is 0.508 e. The van der Waals surface area contributed by atoms with E-state index in [1.165, 1.54) is 74.4 Å². The second-order valence-corrected chi connectivity index (χ2v) is 17.2. The van der Waals surface area contributed by atoms with Gasteiger partial charge in [0.2, 0.25) is 11.6 Å². The number of rotatable bonds is 4. The minimum absolute atomic E-state index is 0. The van der Waals surface area contributed by atoms with Crippen molar-refractivity contribution in [2.24, 2.45) is 35.1 Å². The molecule has 368 valence electrons. The molecule has 0 saturated heterocycles.